The highest BCUT2D eigenvalue weighted by Gasteiger charge is 2.61. The van der Waals surface area contributed by atoms with E-state index in [0.29, 0.717) is 24.7 Å². The predicted molar refractivity (Wildman–Crippen MR) is 164 cm³/mol. The summed E-state index contributed by atoms with van der Waals surface area (Å²) >= 11 is 2.22. The maximum Gasteiger partial charge on any atom is 0.254 e. The molecule has 0 N–H and O–H groups in total. The third-order valence-corrected chi connectivity index (χ3v) is 9.11. The summed E-state index contributed by atoms with van der Waals surface area (Å²) in [5, 5.41) is 5.57. The second-order valence-corrected chi connectivity index (χ2v) is 11.7. The van der Waals surface area contributed by atoms with Crippen LogP contribution in [0.4, 0.5) is 0 Å². The van der Waals surface area contributed by atoms with Crippen LogP contribution in [-0.4, -0.2) is 29.6 Å². The quantitative estimate of drug-likeness (QED) is 0.130. The monoisotopic (exact) mass is 654 g/mol. The molecule has 2 atom stereocenters. The molecular weight excluding hydrogens is 627 g/mol. The minimum atomic E-state index is -0.456. The van der Waals surface area contributed by atoms with Crippen molar-refractivity contribution in [3.63, 3.8) is 0 Å². The van der Waals surface area contributed by atoms with E-state index in [1.165, 1.54) is 0 Å². The number of ether oxygens (including phenoxy) is 2. The molecule has 1 heterocycles. The Labute approximate surface area is 252 Å². The van der Waals surface area contributed by atoms with Crippen molar-refractivity contribution >= 4 is 40.6 Å². The summed E-state index contributed by atoms with van der Waals surface area (Å²) in [4.78, 5) is 27.7. The molecule has 2 bridgehead atoms. The van der Waals surface area contributed by atoms with E-state index in [2.05, 4.69) is 52.0 Å². The van der Waals surface area contributed by atoms with Crippen LogP contribution in [0.25, 0.3) is 0 Å². The molecule has 7 heteroatoms. The van der Waals surface area contributed by atoms with Crippen molar-refractivity contribution in [1.29, 1.82) is 0 Å². The number of halogens is 1. The van der Waals surface area contributed by atoms with Crippen LogP contribution in [0.3, 0.4) is 0 Å². The number of benzene rings is 4. The molecule has 1 fully saturated rings. The highest BCUT2D eigenvalue weighted by atomic mass is 127. The van der Waals surface area contributed by atoms with Crippen LogP contribution in [0.2, 0.25) is 0 Å². The van der Waals surface area contributed by atoms with Crippen molar-refractivity contribution in [2.24, 2.45) is 16.9 Å². The molecule has 4 aromatic rings. The standard InChI is InChI=1S/C34H27IN2O4/c1-2-40-27-17-21(16-26(35)32(27)41-19-20-10-4-3-5-11-20)18-36-37-33(38)30-28-22-12-6-7-13-23(22)29(31(30)34(37)39)25-15-9-8-14-24(25)28/h3-18,28-31H,2,19H2,1H3/b36-18-/t28?,29?,30-,31+. The lowest BCUT2D eigenvalue weighted by atomic mass is 9.55. The van der Waals surface area contributed by atoms with Crippen molar-refractivity contribution < 1.29 is 19.1 Å². The maximum absolute atomic E-state index is 13.8. The first-order valence-electron chi connectivity index (χ1n) is 13.8. The van der Waals surface area contributed by atoms with Crippen molar-refractivity contribution in [3.05, 3.63) is 128 Å². The summed E-state index contributed by atoms with van der Waals surface area (Å²) in [7, 11) is 0. The van der Waals surface area contributed by atoms with Gasteiger partial charge in [0.15, 0.2) is 11.5 Å². The molecule has 41 heavy (non-hydrogen) atoms. The first-order chi connectivity index (χ1) is 20.1. The summed E-state index contributed by atoms with van der Waals surface area (Å²) < 4.78 is 12.9. The van der Waals surface area contributed by atoms with E-state index in [9.17, 15) is 9.59 Å². The van der Waals surface area contributed by atoms with E-state index in [-0.39, 0.29) is 23.7 Å². The van der Waals surface area contributed by atoms with Crippen LogP contribution < -0.4 is 9.47 Å². The Balaban J connectivity index is 1.19. The normalized spacial score (nSPS) is 22.0. The minimum absolute atomic E-state index is 0.152. The number of carbonyl (C=O) groups is 2. The lowest BCUT2D eigenvalue weighted by Crippen LogP contribution is -2.41. The first kappa shape index (κ1) is 26.0. The lowest BCUT2D eigenvalue weighted by molar-refractivity contribution is -0.139. The third-order valence-electron chi connectivity index (χ3n) is 8.31. The Hall–Kier alpha value is -3.98. The van der Waals surface area contributed by atoms with Gasteiger partial charge >= 0.3 is 0 Å². The predicted octanol–water partition coefficient (Wildman–Crippen LogP) is 6.50. The SMILES string of the molecule is CCOc1cc(/C=N\N2C(=O)[C@@H]3C4c5ccccc5C(c5ccccc54)[C@@H]3C2=O)cc(I)c1OCc1ccccc1. The van der Waals surface area contributed by atoms with Crippen molar-refractivity contribution in [3.8, 4) is 11.5 Å². The van der Waals surface area contributed by atoms with Crippen LogP contribution in [0.5, 0.6) is 11.5 Å². The molecule has 1 saturated heterocycles. The molecule has 3 aliphatic carbocycles. The summed E-state index contributed by atoms with van der Waals surface area (Å²) in [6.45, 7) is 2.80. The molecule has 8 rings (SSSR count). The summed E-state index contributed by atoms with van der Waals surface area (Å²) in [6.07, 6.45) is 1.57. The van der Waals surface area contributed by atoms with Gasteiger partial charge in [-0.25, -0.2) is 0 Å². The van der Waals surface area contributed by atoms with E-state index >= 15 is 0 Å². The largest absolute Gasteiger partial charge is 0.490 e. The maximum atomic E-state index is 13.8. The van der Waals surface area contributed by atoms with Crippen LogP contribution in [-0.2, 0) is 16.2 Å². The topological polar surface area (TPSA) is 68.2 Å². The molecule has 0 aromatic heterocycles. The number of hydrogen-bond acceptors (Lipinski definition) is 5. The zero-order valence-electron chi connectivity index (χ0n) is 22.4. The molecule has 0 saturated carbocycles. The third kappa shape index (κ3) is 4.25. The number of carbonyl (C=O) groups excluding carboxylic acids is 2. The average Bonchev–Trinajstić information content (AvgIpc) is 3.25. The second-order valence-electron chi connectivity index (χ2n) is 10.5. The lowest BCUT2D eigenvalue weighted by Gasteiger charge is -2.45. The van der Waals surface area contributed by atoms with Crippen molar-refractivity contribution in [2.45, 2.75) is 25.4 Å². The van der Waals surface area contributed by atoms with E-state index < -0.39 is 11.8 Å². The molecule has 0 spiro atoms. The zero-order chi connectivity index (χ0) is 28.1. The minimum Gasteiger partial charge on any atom is -0.490 e. The van der Waals surface area contributed by atoms with Crippen molar-refractivity contribution in [1.82, 2.24) is 5.01 Å². The highest BCUT2D eigenvalue weighted by Crippen LogP contribution is 2.61. The fourth-order valence-corrected chi connectivity index (χ4v) is 7.48. The molecule has 0 unspecified atom stereocenters. The summed E-state index contributed by atoms with van der Waals surface area (Å²) in [6, 6.07) is 30.2. The molecular formula is C34H27IN2O4. The Morgan fingerprint density at radius 2 is 1.32 bits per heavy atom. The fourth-order valence-electron chi connectivity index (χ4n) is 6.70. The van der Waals surface area contributed by atoms with Gasteiger partial charge in [0.05, 0.1) is 28.2 Å². The fraction of sp³-hybridized carbons (Fsp3) is 0.206. The molecule has 6 nitrogen and oxygen atoms in total. The van der Waals surface area contributed by atoms with E-state index in [0.717, 1.165) is 42.0 Å². The average molecular weight is 655 g/mol. The number of hydrazone groups is 1. The van der Waals surface area contributed by atoms with Crippen LogP contribution >= 0.6 is 22.6 Å². The van der Waals surface area contributed by atoms with Crippen molar-refractivity contribution in [2.75, 3.05) is 6.61 Å². The van der Waals surface area contributed by atoms with E-state index in [1.54, 1.807) is 6.21 Å². The van der Waals surface area contributed by atoms with E-state index in [4.69, 9.17) is 9.47 Å². The van der Waals surface area contributed by atoms with Gasteiger partial charge in [0.25, 0.3) is 11.8 Å². The molecule has 4 aromatic carbocycles. The molecule has 2 amide bonds. The zero-order valence-corrected chi connectivity index (χ0v) is 24.5. The van der Waals surface area contributed by atoms with Gasteiger partial charge in [-0.1, -0.05) is 78.9 Å². The first-order valence-corrected chi connectivity index (χ1v) is 14.9. The van der Waals surface area contributed by atoms with Gasteiger partial charge in [0.1, 0.15) is 6.61 Å². The van der Waals surface area contributed by atoms with Gasteiger partial charge in [0, 0.05) is 11.8 Å². The van der Waals surface area contributed by atoms with Gasteiger partial charge < -0.3 is 9.47 Å². The summed E-state index contributed by atoms with van der Waals surface area (Å²) in [5.41, 5.74) is 6.35. The highest BCUT2D eigenvalue weighted by molar-refractivity contribution is 14.1. The van der Waals surface area contributed by atoms with Crippen LogP contribution in [0.1, 0.15) is 52.1 Å². The van der Waals surface area contributed by atoms with Gasteiger partial charge in [-0.2, -0.15) is 10.1 Å². The summed E-state index contributed by atoms with van der Waals surface area (Å²) in [5.74, 6) is -0.449. The number of rotatable bonds is 7. The Morgan fingerprint density at radius 1 is 0.780 bits per heavy atom. The number of imide groups is 1. The molecule has 4 aliphatic rings. The van der Waals surface area contributed by atoms with Gasteiger partial charge in [-0.05, 0) is 75.0 Å². The smallest absolute Gasteiger partial charge is 0.254 e. The number of hydrogen-bond donors (Lipinski definition) is 0. The molecule has 204 valence electrons. The Morgan fingerprint density at radius 3 is 1.85 bits per heavy atom. The van der Waals surface area contributed by atoms with Crippen LogP contribution in [0, 0.1) is 15.4 Å². The Kier molecular flexibility index (Phi) is 6.61. The number of nitrogens with zero attached hydrogens (tertiary/aromatic N) is 2. The Bertz CT molecular complexity index is 1590. The molecule has 1 aliphatic heterocycles. The molecule has 0 radical (unpaired) electrons. The van der Waals surface area contributed by atoms with Gasteiger partial charge in [0.2, 0.25) is 0 Å². The number of amides is 2. The van der Waals surface area contributed by atoms with Crippen LogP contribution in [0.15, 0.2) is 96.1 Å². The van der Waals surface area contributed by atoms with E-state index in [1.807, 2.05) is 73.7 Å². The van der Waals surface area contributed by atoms with Gasteiger partial charge in [-0.15, -0.1) is 0 Å². The van der Waals surface area contributed by atoms with Gasteiger partial charge in [-0.3, -0.25) is 9.59 Å². The second kappa shape index (κ2) is 10.4.